The van der Waals surface area contributed by atoms with Gasteiger partial charge >= 0.3 is 5.69 Å². The fraction of sp³-hybridized carbons (Fsp3) is 0.278. The second kappa shape index (κ2) is 6.33. The van der Waals surface area contributed by atoms with Gasteiger partial charge in [-0.1, -0.05) is 38.1 Å². The molecular formula is C18H20N4O2S. The van der Waals surface area contributed by atoms with E-state index in [4.69, 9.17) is 5.73 Å². The number of nitrogens with two attached hydrogens (primary N) is 1. The van der Waals surface area contributed by atoms with Crippen LogP contribution in [0, 0.1) is 0 Å². The van der Waals surface area contributed by atoms with E-state index in [1.54, 1.807) is 12.4 Å². The number of nitrogens with zero attached hydrogens (tertiary/aromatic N) is 3. The molecule has 0 aliphatic rings. The molecule has 3 rings (SSSR count). The Bertz CT molecular complexity index is 1040. The van der Waals surface area contributed by atoms with Crippen molar-refractivity contribution in [2.45, 2.75) is 19.8 Å². The van der Waals surface area contributed by atoms with Crippen molar-refractivity contribution >= 4 is 17.2 Å². The van der Waals surface area contributed by atoms with Gasteiger partial charge in [0.2, 0.25) is 0 Å². The number of anilines is 1. The van der Waals surface area contributed by atoms with E-state index in [0.29, 0.717) is 11.6 Å². The number of hydrogen-bond acceptors (Lipinski definition) is 5. The summed E-state index contributed by atoms with van der Waals surface area (Å²) in [7, 11) is 2.98. The molecule has 2 N–H and O–H groups in total. The number of benzene rings is 1. The molecule has 0 fully saturated rings. The maximum atomic E-state index is 12.5. The molecule has 2 aromatic heterocycles. The maximum Gasteiger partial charge on any atom is 0.332 e. The van der Waals surface area contributed by atoms with E-state index in [0.717, 1.165) is 15.1 Å². The molecule has 6 nitrogen and oxygen atoms in total. The zero-order valence-corrected chi connectivity index (χ0v) is 15.4. The predicted octanol–water partition coefficient (Wildman–Crippen LogP) is 2.58. The van der Waals surface area contributed by atoms with E-state index in [-0.39, 0.29) is 11.4 Å². The molecular weight excluding hydrogens is 336 g/mol. The summed E-state index contributed by atoms with van der Waals surface area (Å²) in [6.07, 6.45) is 0. The van der Waals surface area contributed by atoms with Gasteiger partial charge in [0.25, 0.3) is 5.56 Å². The van der Waals surface area contributed by atoms with Crippen molar-refractivity contribution in [1.29, 1.82) is 0 Å². The van der Waals surface area contributed by atoms with Gasteiger partial charge in [0.1, 0.15) is 16.4 Å². The van der Waals surface area contributed by atoms with Gasteiger partial charge < -0.3 is 5.73 Å². The summed E-state index contributed by atoms with van der Waals surface area (Å²) in [4.78, 5) is 29.0. The van der Waals surface area contributed by atoms with E-state index in [1.165, 1.54) is 28.5 Å². The molecule has 7 heteroatoms. The molecule has 0 atom stereocenters. The van der Waals surface area contributed by atoms with Crippen LogP contribution in [0.15, 0.2) is 39.2 Å². The number of thiazole rings is 1. The zero-order valence-electron chi connectivity index (χ0n) is 14.6. The molecule has 0 saturated heterocycles. The Morgan fingerprint density at radius 3 is 2.32 bits per heavy atom. The van der Waals surface area contributed by atoms with E-state index in [9.17, 15) is 9.59 Å². The topological polar surface area (TPSA) is 82.9 Å². The first-order valence-corrected chi connectivity index (χ1v) is 8.81. The van der Waals surface area contributed by atoms with Gasteiger partial charge in [0.05, 0.1) is 5.69 Å². The molecule has 0 spiro atoms. The molecule has 0 saturated carbocycles. The number of hydrogen-bond donors (Lipinski definition) is 1. The summed E-state index contributed by atoms with van der Waals surface area (Å²) in [5, 5.41) is 2.60. The summed E-state index contributed by atoms with van der Waals surface area (Å²) >= 11 is 1.44. The van der Waals surface area contributed by atoms with Gasteiger partial charge in [0.15, 0.2) is 0 Å². The van der Waals surface area contributed by atoms with Crippen LogP contribution in [0.5, 0.6) is 0 Å². The van der Waals surface area contributed by atoms with E-state index in [2.05, 4.69) is 31.0 Å². The Morgan fingerprint density at radius 1 is 1.08 bits per heavy atom. The standard InChI is InChI=1S/C18H20N4O2S/c1-10(2)11-5-7-12(8-6-11)16-20-13(9-25-16)14-15(19)21(3)18(24)22(4)17(14)23/h5-10H,19H2,1-4H3. The van der Waals surface area contributed by atoms with Crippen LogP contribution in [0.4, 0.5) is 5.82 Å². The fourth-order valence-corrected chi connectivity index (χ4v) is 3.45. The first-order chi connectivity index (χ1) is 11.8. The first-order valence-electron chi connectivity index (χ1n) is 7.93. The third kappa shape index (κ3) is 2.91. The highest BCUT2D eigenvalue weighted by atomic mass is 32.1. The Hall–Kier alpha value is -2.67. The van der Waals surface area contributed by atoms with Crippen molar-refractivity contribution in [2.75, 3.05) is 5.73 Å². The van der Waals surface area contributed by atoms with Gasteiger partial charge in [-0.25, -0.2) is 9.78 Å². The Morgan fingerprint density at radius 2 is 1.72 bits per heavy atom. The van der Waals surface area contributed by atoms with Crippen LogP contribution in [0.2, 0.25) is 0 Å². The minimum atomic E-state index is -0.453. The van der Waals surface area contributed by atoms with Crippen molar-refractivity contribution in [3.05, 3.63) is 56.0 Å². The maximum absolute atomic E-state index is 12.5. The highest BCUT2D eigenvalue weighted by Gasteiger charge is 2.18. The van der Waals surface area contributed by atoms with Crippen molar-refractivity contribution in [3.63, 3.8) is 0 Å². The lowest BCUT2D eigenvalue weighted by Gasteiger charge is -2.09. The van der Waals surface area contributed by atoms with Crippen LogP contribution in [0.3, 0.4) is 0 Å². The predicted molar refractivity (Wildman–Crippen MR) is 102 cm³/mol. The Kier molecular flexibility index (Phi) is 4.34. The SMILES string of the molecule is CC(C)c1ccc(-c2nc(-c3c(N)n(C)c(=O)n(C)c3=O)cs2)cc1. The number of rotatable bonds is 3. The van der Waals surface area contributed by atoms with Crippen molar-refractivity contribution in [2.24, 2.45) is 14.1 Å². The summed E-state index contributed by atoms with van der Waals surface area (Å²) in [5.41, 5.74) is 8.10. The van der Waals surface area contributed by atoms with Crippen LogP contribution >= 0.6 is 11.3 Å². The average molecular weight is 356 g/mol. The number of nitrogen functional groups attached to an aromatic ring is 1. The lowest BCUT2D eigenvalue weighted by atomic mass is 10.0. The molecule has 25 heavy (non-hydrogen) atoms. The van der Waals surface area contributed by atoms with Crippen LogP contribution in [-0.2, 0) is 14.1 Å². The third-order valence-corrected chi connectivity index (χ3v) is 5.19. The molecule has 0 unspecified atom stereocenters. The first kappa shape index (κ1) is 17.2. The average Bonchev–Trinajstić information content (AvgIpc) is 3.08. The molecule has 3 aromatic rings. The van der Waals surface area contributed by atoms with Crippen LogP contribution in [0.1, 0.15) is 25.3 Å². The second-order valence-electron chi connectivity index (χ2n) is 6.28. The second-order valence-corrected chi connectivity index (χ2v) is 7.14. The van der Waals surface area contributed by atoms with Gasteiger partial charge in [-0.3, -0.25) is 13.9 Å². The highest BCUT2D eigenvalue weighted by Crippen LogP contribution is 2.30. The zero-order chi connectivity index (χ0) is 18.3. The molecule has 0 bridgehead atoms. The smallest absolute Gasteiger partial charge is 0.332 e. The fourth-order valence-electron chi connectivity index (χ4n) is 2.63. The van der Waals surface area contributed by atoms with Crippen molar-refractivity contribution in [1.82, 2.24) is 14.1 Å². The van der Waals surface area contributed by atoms with Crippen molar-refractivity contribution in [3.8, 4) is 21.8 Å². The van der Waals surface area contributed by atoms with Gasteiger partial charge in [0, 0.05) is 25.0 Å². The minimum Gasteiger partial charge on any atom is -0.384 e. The molecule has 0 aliphatic carbocycles. The lowest BCUT2D eigenvalue weighted by molar-refractivity contribution is 0.696. The summed E-state index contributed by atoms with van der Waals surface area (Å²) in [6, 6.07) is 8.22. The van der Waals surface area contributed by atoms with E-state index in [1.807, 2.05) is 12.1 Å². The summed E-state index contributed by atoms with van der Waals surface area (Å²) < 4.78 is 2.30. The van der Waals surface area contributed by atoms with Gasteiger partial charge in [-0.05, 0) is 11.5 Å². The lowest BCUT2D eigenvalue weighted by Crippen LogP contribution is -2.39. The number of aromatic nitrogens is 3. The third-order valence-electron chi connectivity index (χ3n) is 4.29. The van der Waals surface area contributed by atoms with Gasteiger partial charge in [-0.2, -0.15) is 0 Å². The van der Waals surface area contributed by atoms with Gasteiger partial charge in [-0.15, -0.1) is 11.3 Å². The molecule has 0 radical (unpaired) electrons. The minimum absolute atomic E-state index is 0.125. The normalized spacial score (nSPS) is 11.2. The van der Waals surface area contributed by atoms with Crippen LogP contribution in [0.25, 0.3) is 21.8 Å². The molecule has 2 heterocycles. The van der Waals surface area contributed by atoms with Crippen LogP contribution in [-0.4, -0.2) is 14.1 Å². The summed E-state index contributed by atoms with van der Waals surface area (Å²) in [6.45, 7) is 4.30. The van der Waals surface area contributed by atoms with Crippen molar-refractivity contribution < 1.29 is 0 Å². The summed E-state index contributed by atoms with van der Waals surface area (Å²) in [5.74, 6) is 0.592. The molecule has 0 amide bonds. The van der Waals surface area contributed by atoms with E-state index >= 15 is 0 Å². The quantitative estimate of drug-likeness (QED) is 0.782. The molecule has 0 aliphatic heterocycles. The highest BCUT2D eigenvalue weighted by molar-refractivity contribution is 7.13. The van der Waals surface area contributed by atoms with E-state index < -0.39 is 11.2 Å². The Balaban J connectivity index is 2.09. The molecule has 1 aromatic carbocycles. The van der Waals surface area contributed by atoms with Crippen LogP contribution < -0.4 is 17.0 Å². The Labute approximate surface area is 149 Å². The molecule has 130 valence electrons. The monoisotopic (exact) mass is 356 g/mol. The largest absolute Gasteiger partial charge is 0.384 e.